The van der Waals surface area contributed by atoms with Gasteiger partial charge in [-0.2, -0.15) is 0 Å². The van der Waals surface area contributed by atoms with Crippen molar-refractivity contribution in [2.75, 3.05) is 26.3 Å². The van der Waals surface area contributed by atoms with Crippen LogP contribution < -0.4 is 5.32 Å². The fourth-order valence-corrected chi connectivity index (χ4v) is 1.08. The van der Waals surface area contributed by atoms with Crippen LogP contribution in [0.25, 0.3) is 0 Å². The molecule has 0 aromatic carbocycles. The summed E-state index contributed by atoms with van der Waals surface area (Å²) in [4.78, 5) is 23.2. The third kappa shape index (κ3) is 3.18. The van der Waals surface area contributed by atoms with Gasteiger partial charge in [0.15, 0.2) is 0 Å². The van der Waals surface area contributed by atoms with E-state index >= 15 is 0 Å². The number of ether oxygens (including phenoxy) is 1. The van der Waals surface area contributed by atoms with Crippen molar-refractivity contribution in [1.29, 1.82) is 0 Å². The molecule has 0 aromatic rings. The van der Waals surface area contributed by atoms with Crippen LogP contribution in [0.2, 0.25) is 0 Å². The Hall–Kier alpha value is -1.36. The first-order valence-corrected chi connectivity index (χ1v) is 4.40. The van der Waals surface area contributed by atoms with Gasteiger partial charge >= 0.3 is 6.03 Å². The van der Waals surface area contributed by atoms with Gasteiger partial charge in [0.1, 0.15) is 6.54 Å². The highest BCUT2D eigenvalue weighted by Crippen LogP contribution is 1.97. The molecule has 3 amide bonds. The van der Waals surface area contributed by atoms with Crippen LogP contribution >= 0.6 is 0 Å². The Morgan fingerprint density at radius 2 is 2.36 bits per heavy atom. The van der Waals surface area contributed by atoms with E-state index in [9.17, 15) is 9.59 Å². The standard InChI is InChI=1S/C9H14N2O3/c1-7(2)6-14-4-3-11-5-8(12)10-9(11)13/h1,3-6H2,2H3,(H,10,12,13). The molecule has 0 spiro atoms. The largest absolute Gasteiger partial charge is 0.375 e. The van der Waals surface area contributed by atoms with Gasteiger partial charge in [0.2, 0.25) is 5.91 Å². The summed E-state index contributed by atoms with van der Waals surface area (Å²) in [5.74, 6) is -0.255. The SMILES string of the molecule is C=C(C)COCCN1CC(=O)NC1=O. The van der Waals surface area contributed by atoms with Crippen LogP contribution in [-0.2, 0) is 9.53 Å². The number of urea groups is 1. The number of imide groups is 1. The molecule has 0 unspecified atom stereocenters. The van der Waals surface area contributed by atoms with E-state index in [4.69, 9.17) is 4.74 Å². The van der Waals surface area contributed by atoms with Crippen LogP contribution in [0.3, 0.4) is 0 Å². The smallest absolute Gasteiger partial charge is 0.324 e. The van der Waals surface area contributed by atoms with Crippen molar-refractivity contribution in [3.63, 3.8) is 0 Å². The second kappa shape index (κ2) is 4.76. The molecule has 0 aliphatic carbocycles. The van der Waals surface area contributed by atoms with Crippen LogP contribution in [0.15, 0.2) is 12.2 Å². The van der Waals surface area contributed by atoms with Crippen LogP contribution in [-0.4, -0.2) is 43.1 Å². The van der Waals surface area contributed by atoms with Crippen molar-refractivity contribution in [3.05, 3.63) is 12.2 Å². The van der Waals surface area contributed by atoms with Gasteiger partial charge in [0, 0.05) is 6.54 Å². The Balaban J connectivity index is 2.16. The zero-order valence-electron chi connectivity index (χ0n) is 8.21. The highest BCUT2D eigenvalue weighted by Gasteiger charge is 2.25. The van der Waals surface area contributed by atoms with E-state index in [1.165, 1.54) is 4.90 Å². The molecule has 78 valence electrons. The second-order valence-electron chi connectivity index (χ2n) is 3.28. The molecule has 1 rings (SSSR count). The quantitative estimate of drug-likeness (QED) is 0.388. The van der Waals surface area contributed by atoms with Crippen LogP contribution in [0.5, 0.6) is 0 Å². The lowest BCUT2D eigenvalue weighted by Crippen LogP contribution is -2.31. The molecule has 0 aromatic heterocycles. The summed E-state index contributed by atoms with van der Waals surface area (Å²) in [6.07, 6.45) is 0. The summed E-state index contributed by atoms with van der Waals surface area (Å²) < 4.78 is 5.21. The van der Waals surface area contributed by atoms with E-state index < -0.39 is 0 Å². The van der Waals surface area contributed by atoms with Crippen molar-refractivity contribution >= 4 is 11.9 Å². The van der Waals surface area contributed by atoms with Crippen molar-refractivity contribution in [2.24, 2.45) is 0 Å². The number of nitrogens with one attached hydrogen (secondary N) is 1. The van der Waals surface area contributed by atoms with Crippen LogP contribution in [0, 0.1) is 0 Å². The molecule has 14 heavy (non-hydrogen) atoms. The molecule has 1 aliphatic heterocycles. The Morgan fingerprint density at radius 3 is 2.86 bits per heavy atom. The number of hydrogen-bond acceptors (Lipinski definition) is 3. The van der Waals surface area contributed by atoms with Gasteiger partial charge in [0.25, 0.3) is 0 Å². The number of hydrogen-bond donors (Lipinski definition) is 1. The predicted molar refractivity (Wildman–Crippen MR) is 50.7 cm³/mol. The van der Waals surface area contributed by atoms with E-state index in [0.29, 0.717) is 19.8 Å². The first-order chi connectivity index (χ1) is 6.59. The lowest BCUT2D eigenvalue weighted by molar-refractivity contribution is -0.118. The third-order valence-corrected chi connectivity index (χ3v) is 1.72. The predicted octanol–water partition coefficient (Wildman–Crippen LogP) is 0.131. The summed E-state index contributed by atoms with van der Waals surface area (Å²) in [5, 5.41) is 2.19. The van der Waals surface area contributed by atoms with E-state index in [0.717, 1.165) is 5.57 Å². The van der Waals surface area contributed by atoms with Gasteiger partial charge in [-0.3, -0.25) is 10.1 Å². The normalized spacial score (nSPS) is 15.9. The number of amides is 3. The molecule has 1 fully saturated rings. The summed E-state index contributed by atoms with van der Waals surface area (Å²) in [7, 11) is 0. The molecular weight excluding hydrogens is 184 g/mol. The monoisotopic (exact) mass is 198 g/mol. The molecule has 1 saturated heterocycles. The zero-order valence-corrected chi connectivity index (χ0v) is 8.21. The highest BCUT2D eigenvalue weighted by atomic mass is 16.5. The van der Waals surface area contributed by atoms with Gasteiger partial charge in [-0.15, -0.1) is 0 Å². The fourth-order valence-electron chi connectivity index (χ4n) is 1.08. The average molecular weight is 198 g/mol. The number of nitrogens with zero attached hydrogens (tertiary/aromatic N) is 1. The van der Waals surface area contributed by atoms with Gasteiger partial charge in [-0.05, 0) is 6.92 Å². The summed E-state index contributed by atoms with van der Waals surface area (Å²) in [6.45, 7) is 7.03. The maximum atomic E-state index is 11.0. The minimum atomic E-state index is -0.339. The molecule has 0 saturated carbocycles. The second-order valence-corrected chi connectivity index (χ2v) is 3.28. The maximum absolute atomic E-state index is 11.0. The summed E-state index contributed by atoms with van der Waals surface area (Å²) in [6, 6.07) is -0.339. The molecule has 1 heterocycles. The van der Waals surface area contributed by atoms with E-state index in [2.05, 4.69) is 11.9 Å². The van der Waals surface area contributed by atoms with Crippen LogP contribution in [0.1, 0.15) is 6.92 Å². The third-order valence-electron chi connectivity index (χ3n) is 1.72. The summed E-state index contributed by atoms with van der Waals surface area (Å²) >= 11 is 0. The van der Waals surface area contributed by atoms with Crippen LogP contribution in [0.4, 0.5) is 4.79 Å². The topological polar surface area (TPSA) is 58.6 Å². The van der Waals surface area contributed by atoms with Crippen molar-refractivity contribution in [3.8, 4) is 0 Å². The van der Waals surface area contributed by atoms with Gasteiger partial charge < -0.3 is 9.64 Å². The molecular formula is C9H14N2O3. The lowest BCUT2D eigenvalue weighted by Gasteiger charge is -2.12. The number of carbonyl (C=O) groups is 2. The molecule has 0 bridgehead atoms. The first kappa shape index (κ1) is 10.7. The van der Waals surface area contributed by atoms with Gasteiger partial charge in [0.05, 0.1) is 13.2 Å². The minimum Gasteiger partial charge on any atom is -0.375 e. The van der Waals surface area contributed by atoms with Crippen molar-refractivity contribution < 1.29 is 14.3 Å². The van der Waals surface area contributed by atoms with Crippen molar-refractivity contribution in [1.82, 2.24) is 10.2 Å². The molecule has 0 radical (unpaired) electrons. The number of rotatable bonds is 5. The Bertz CT molecular complexity index is 263. The Kier molecular flexibility index (Phi) is 3.64. The molecule has 1 N–H and O–H groups in total. The zero-order chi connectivity index (χ0) is 10.6. The molecule has 5 nitrogen and oxygen atoms in total. The maximum Gasteiger partial charge on any atom is 0.324 e. The minimum absolute atomic E-state index is 0.134. The van der Waals surface area contributed by atoms with Crippen molar-refractivity contribution in [2.45, 2.75) is 6.92 Å². The van der Waals surface area contributed by atoms with Gasteiger partial charge in [-0.1, -0.05) is 12.2 Å². The Labute approximate surface area is 82.7 Å². The molecule has 0 atom stereocenters. The molecule has 5 heteroatoms. The Morgan fingerprint density at radius 1 is 1.64 bits per heavy atom. The first-order valence-electron chi connectivity index (χ1n) is 4.40. The average Bonchev–Trinajstić information content (AvgIpc) is 2.39. The summed E-state index contributed by atoms with van der Waals surface area (Å²) in [5.41, 5.74) is 0.937. The lowest BCUT2D eigenvalue weighted by atomic mass is 10.4. The fraction of sp³-hybridized carbons (Fsp3) is 0.556. The molecule has 1 aliphatic rings. The highest BCUT2D eigenvalue weighted by molar-refractivity contribution is 6.01. The van der Waals surface area contributed by atoms with E-state index in [1.807, 2.05) is 6.92 Å². The van der Waals surface area contributed by atoms with E-state index in [-0.39, 0.29) is 18.5 Å². The van der Waals surface area contributed by atoms with E-state index in [1.54, 1.807) is 0 Å². The number of carbonyl (C=O) groups excluding carboxylic acids is 2. The van der Waals surface area contributed by atoms with Gasteiger partial charge in [-0.25, -0.2) is 4.79 Å².